The number of fused-ring (bicyclic) bond motifs is 1. The van der Waals surface area contributed by atoms with Crippen molar-refractivity contribution in [1.29, 1.82) is 0 Å². The minimum absolute atomic E-state index is 0.139. The van der Waals surface area contributed by atoms with Crippen LogP contribution in [0.5, 0.6) is 0 Å². The minimum Gasteiger partial charge on any atom is -0.298 e. The topological polar surface area (TPSA) is 59.1 Å². The van der Waals surface area contributed by atoms with Crippen molar-refractivity contribution in [3.05, 3.63) is 45.5 Å². The van der Waals surface area contributed by atoms with Gasteiger partial charge < -0.3 is 0 Å². The molecule has 1 N–H and O–H groups in total. The van der Waals surface area contributed by atoms with E-state index in [2.05, 4.69) is 10.3 Å². The molecule has 0 aliphatic heterocycles. The molecule has 5 heteroatoms. The molecular weight excluding hydrogens is 284 g/mol. The number of anilines is 1. The number of rotatable bonds is 2. The first-order valence-electron chi connectivity index (χ1n) is 6.96. The van der Waals surface area contributed by atoms with Crippen LogP contribution >= 0.6 is 11.3 Å². The quantitative estimate of drug-likeness (QED) is 0.923. The second-order valence-corrected chi connectivity index (χ2v) is 6.32. The van der Waals surface area contributed by atoms with Gasteiger partial charge in [0, 0.05) is 12.0 Å². The number of aryl methyl sites for hydroxylation is 3. The van der Waals surface area contributed by atoms with Gasteiger partial charge >= 0.3 is 0 Å². The summed E-state index contributed by atoms with van der Waals surface area (Å²) in [5, 5.41) is 3.31. The molecule has 1 aliphatic rings. The van der Waals surface area contributed by atoms with Gasteiger partial charge in [-0.05, 0) is 49.9 Å². The number of nitrogens with one attached hydrogen (secondary N) is 1. The van der Waals surface area contributed by atoms with Crippen molar-refractivity contribution < 1.29 is 9.59 Å². The van der Waals surface area contributed by atoms with Crippen molar-refractivity contribution in [2.24, 2.45) is 0 Å². The van der Waals surface area contributed by atoms with E-state index >= 15 is 0 Å². The molecule has 0 radical (unpaired) electrons. The molecule has 0 fully saturated rings. The number of nitrogens with zero attached hydrogens (tertiary/aromatic N) is 1. The van der Waals surface area contributed by atoms with E-state index in [9.17, 15) is 9.59 Å². The number of amides is 1. The first kappa shape index (κ1) is 13.9. The monoisotopic (exact) mass is 300 g/mol. The second kappa shape index (κ2) is 5.41. The predicted octanol–water partition coefficient (Wildman–Crippen LogP) is 3.53. The zero-order valence-electron chi connectivity index (χ0n) is 12.0. The van der Waals surface area contributed by atoms with Crippen molar-refractivity contribution >= 4 is 28.2 Å². The van der Waals surface area contributed by atoms with Crippen LogP contribution in [0.15, 0.2) is 18.2 Å². The number of hydrogen-bond acceptors (Lipinski definition) is 4. The molecule has 1 aromatic carbocycles. The molecule has 0 atom stereocenters. The van der Waals surface area contributed by atoms with E-state index in [1.807, 2.05) is 26.0 Å². The summed E-state index contributed by atoms with van der Waals surface area (Å²) in [6, 6.07) is 5.60. The molecule has 21 heavy (non-hydrogen) atoms. The molecule has 4 nitrogen and oxygen atoms in total. The van der Waals surface area contributed by atoms with E-state index in [1.165, 1.54) is 11.3 Å². The molecule has 108 valence electrons. The highest BCUT2D eigenvalue weighted by Crippen LogP contribution is 2.29. The lowest BCUT2D eigenvalue weighted by Crippen LogP contribution is -2.12. The molecule has 0 unspecified atom stereocenters. The molecule has 0 bridgehead atoms. The summed E-state index contributed by atoms with van der Waals surface area (Å²) in [4.78, 5) is 29.1. The Bertz CT molecular complexity index is 734. The fourth-order valence-corrected chi connectivity index (χ4v) is 3.35. The van der Waals surface area contributed by atoms with Crippen LogP contribution in [0.25, 0.3) is 0 Å². The van der Waals surface area contributed by atoms with E-state index < -0.39 is 0 Å². The normalized spacial score (nSPS) is 13.9. The van der Waals surface area contributed by atoms with Gasteiger partial charge in [0.15, 0.2) is 10.9 Å². The number of benzene rings is 1. The molecule has 1 heterocycles. The van der Waals surface area contributed by atoms with Gasteiger partial charge in [-0.2, -0.15) is 0 Å². The second-order valence-electron chi connectivity index (χ2n) is 5.32. The van der Waals surface area contributed by atoms with Crippen molar-refractivity contribution in [3.8, 4) is 0 Å². The summed E-state index contributed by atoms with van der Waals surface area (Å²) >= 11 is 1.28. The highest BCUT2D eigenvalue weighted by molar-refractivity contribution is 7.17. The zero-order chi connectivity index (χ0) is 15.0. The third kappa shape index (κ3) is 2.74. The van der Waals surface area contributed by atoms with Gasteiger partial charge in [0.1, 0.15) is 0 Å². The summed E-state index contributed by atoms with van der Waals surface area (Å²) in [5.74, 6) is -0.0444. The SMILES string of the molecule is Cc1ccc(C(=O)Nc2nc3c(s2)C(=O)CCC3)cc1C. The Morgan fingerprint density at radius 2 is 2.05 bits per heavy atom. The van der Waals surface area contributed by atoms with Gasteiger partial charge in [0.25, 0.3) is 5.91 Å². The van der Waals surface area contributed by atoms with Crippen LogP contribution in [-0.2, 0) is 6.42 Å². The highest BCUT2D eigenvalue weighted by Gasteiger charge is 2.22. The van der Waals surface area contributed by atoms with Gasteiger partial charge in [0.05, 0.1) is 10.6 Å². The Morgan fingerprint density at radius 3 is 2.76 bits per heavy atom. The number of aromatic nitrogens is 1. The Kier molecular flexibility index (Phi) is 3.59. The van der Waals surface area contributed by atoms with Crippen molar-refractivity contribution in [1.82, 2.24) is 4.98 Å². The zero-order valence-corrected chi connectivity index (χ0v) is 12.8. The lowest BCUT2D eigenvalue weighted by atomic mass is 10.0. The maximum atomic E-state index is 12.2. The standard InChI is InChI=1S/C16H16N2O2S/c1-9-6-7-11(8-10(9)2)15(20)18-16-17-12-4-3-5-13(19)14(12)21-16/h6-8H,3-5H2,1-2H3,(H,17,18,20). The van der Waals surface area contributed by atoms with Crippen LogP contribution in [0.3, 0.4) is 0 Å². The van der Waals surface area contributed by atoms with E-state index in [1.54, 1.807) is 6.07 Å². The maximum absolute atomic E-state index is 12.2. The van der Waals surface area contributed by atoms with E-state index in [-0.39, 0.29) is 11.7 Å². The molecule has 1 aromatic heterocycles. The number of carbonyl (C=O) groups excluding carboxylic acids is 2. The molecule has 0 saturated carbocycles. The fourth-order valence-electron chi connectivity index (χ4n) is 2.37. The Morgan fingerprint density at radius 1 is 1.24 bits per heavy atom. The number of thiazole rings is 1. The summed E-state index contributed by atoms with van der Waals surface area (Å²) in [7, 11) is 0. The minimum atomic E-state index is -0.184. The van der Waals surface area contributed by atoms with Crippen LogP contribution in [0.4, 0.5) is 5.13 Å². The molecule has 1 amide bonds. The Balaban J connectivity index is 1.81. The molecule has 2 aromatic rings. The number of carbonyl (C=O) groups is 2. The summed E-state index contributed by atoms with van der Waals surface area (Å²) < 4.78 is 0. The Labute approximate surface area is 127 Å². The van der Waals surface area contributed by atoms with Gasteiger partial charge in [-0.25, -0.2) is 4.98 Å². The summed E-state index contributed by atoms with van der Waals surface area (Å²) in [6.07, 6.45) is 2.25. The van der Waals surface area contributed by atoms with Gasteiger partial charge in [-0.1, -0.05) is 17.4 Å². The van der Waals surface area contributed by atoms with Crippen molar-refractivity contribution in [3.63, 3.8) is 0 Å². The largest absolute Gasteiger partial charge is 0.298 e. The van der Waals surface area contributed by atoms with Crippen LogP contribution < -0.4 is 5.32 Å². The van der Waals surface area contributed by atoms with Gasteiger partial charge in [-0.3, -0.25) is 14.9 Å². The van der Waals surface area contributed by atoms with Crippen LogP contribution in [0.1, 0.15) is 49.7 Å². The van der Waals surface area contributed by atoms with E-state index in [0.717, 1.165) is 29.7 Å². The highest BCUT2D eigenvalue weighted by atomic mass is 32.1. The van der Waals surface area contributed by atoms with Gasteiger partial charge in [-0.15, -0.1) is 0 Å². The van der Waals surface area contributed by atoms with Crippen molar-refractivity contribution in [2.45, 2.75) is 33.1 Å². The smallest absolute Gasteiger partial charge is 0.257 e. The summed E-state index contributed by atoms with van der Waals surface area (Å²) in [5.41, 5.74) is 3.67. The number of hydrogen-bond donors (Lipinski definition) is 1. The van der Waals surface area contributed by atoms with Crippen LogP contribution in [0.2, 0.25) is 0 Å². The lowest BCUT2D eigenvalue weighted by molar-refractivity contribution is 0.0975. The first-order chi connectivity index (χ1) is 10.0. The van der Waals surface area contributed by atoms with E-state index in [0.29, 0.717) is 22.0 Å². The number of ketones is 1. The van der Waals surface area contributed by atoms with Crippen LogP contribution in [0, 0.1) is 13.8 Å². The van der Waals surface area contributed by atoms with Crippen LogP contribution in [-0.4, -0.2) is 16.7 Å². The average Bonchev–Trinajstić information content (AvgIpc) is 2.86. The summed E-state index contributed by atoms with van der Waals surface area (Å²) in [6.45, 7) is 3.99. The van der Waals surface area contributed by atoms with Crippen molar-refractivity contribution in [2.75, 3.05) is 5.32 Å². The molecule has 1 aliphatic carbocycles. The van der Waals surface area contributed by atoms with Gasteiger partial charge in [0.2, 0.25) is 0 Å². The third-order valence-electron chi connectivity index (χ3n) is 3.76. The van der Waals surface area contributed by atoms with E-state index in [4.69, 9.17) is 0 Å². The first-order valence-corrected chi connectivity index (χ1v) is 7.78. The third-order valence-corrected chi connectivity index (χ3v) is 4.81. The average molecular weight is 300 g/mol. The molecule has 0 spiro atoms. The predicted molar refractivity (Wildman–Crippen MR) is 83.3 cm³/mol. The molecular formula is C16H16N2O2S. The number of Topliss-reactive ketones (excluding diaryl/α,β-unsaturated/α-hetero) is 1. The maximum Gasteiger partial charge on any atom is 0.257 e. The molecule has 3 rings (SSSR count). The molecule has 0 saturated heterocycles. The Hall–Kier alpha value is -2.01. The fraction of sp³-hybridized carbons (Fsp3) is 0.312. The lowest BCUT2D eigenvalue weighted by Gasteiger charge is -2.05.